The number of carboxylic acids is 1. The molecule has 0 unspecified atom stereocenters. The summed E-state index contributed by atoms with van der Waals surface area (Å²) in [5.74, 6) is -1.63. The predicted octanol–water partition coefficient (Wildman–Crippen LogP) is 1.08. The van der Waals surface area contributed by atoms with E-state index in [0.717, 1.165) is 0 Å². The lowest BCUT2D eigenvalue weighted by atomic mass is 9.79. The monoisotopic (exact) mass is 262 g/mol. The lowest BCUT2D eigenvalue weighted by Crippen LogP contribution is -2.48. The van der Waals surface area contributed by atoms with Crippen LogP contribution in [0.25, 0.3) is 0 Å². The Morgan fingerprint density at radius 1 is 1.21 bits per heavy atom. The van der Waals surface area contributed by atoms with E-state index in [4.69, 9.17) is 5.11 Å². The highest BCUT2D eigenvalue weighted by Crippen LogP contribution is 2.32. The zero-order valence-electron chi connectivity index (χ0n) is 10.6. The van der Waals surface area contributed by atoms with Gasteiger partial charge in [0.15, 0.2) is 0 Å². The molecule has 6 heteroatoms. The van der Waals surface area contributed by atoms with Crippen LogP contribution in [-0.2, 0) is 10.3 Å². The van der Waals surface area contributed by atoms with Gasteiger partial charge in [0, 0.05) is 0 Å². The average Bonchev–Trinajstić information content (AvgIpc) is 2.65. The van der Waals surface area contributed by atoms with E-state index in [9.17, 15) is 14.4 Å². The molecule has 1 aromatic rings. The standard InChI is InChI=1S/C13H14N2O4/c1-7(2)13(11(18)14-12(19)15-13)9-5-3-8(4-6-9)10(16)17/h3-7H,1-2H3,(H,16,17)(H2,14,15,18,19)/t13-/m0/s1. The smallest absolute Gasteiger partial charge is 0.335 e. The van der Waals surface area contributed by atoms with Crippen LogP contribution < -0.4 is 10.6 Å². The second kappa shape index (κ2) is 4.38. The maximum atomic E-state index is 12.1. The second-order valence-electron chi connectivity index (χ2n) is 4.75. The first-order valence-electron chi connectivity index (χ1n) is 5.85. The van der Waals surface area contributed by atoms with Crippen LogP contribution in [0.1, 0.15) is 29.8 Å². The molecule has 100 valence electrons. The Morgan fingerprint density at radius 3 is 2.16 bits per heavy atom. The van der Waals surface area contributed by atoms with Crippen molar-refractivity contribution in [3.8, 4) is 0 Å². The van der Waals surface area contributed by atoms with Crippen LogP contribution in [0.3, 0.4) is 0 Å². The zero-order chi connectivity index (χ0) is 14.2. The molecule has 0 radical (unpaired) electrons. The quantitative estimate of drug-likeness (QED) is 0.710. The molecule has 6 nitrogen and oxygen atoms in total. The molecule has 1 fully saturated rings. The first-order chi connectivity index (χ1) is 8.87. The van der Waals surface area contributed by atoms with Gasteiger partial charge in [-0.05, 0) is 23.6 Å². The lowest BCUT2D eigenvalue weighted by molar-refractivity contribution is -0.125. The molecule has 1 saturated heterocycles. The fourth-order valence-corrected chi connectivity index (χ4v) is 2.29. The summed E-state index contributed by atoms with van der Waals surface area (Å²) in [6.45, 7) is 3.63. The van der Waals surface area contributed by atoms with E-state index in [1.807, 2.05) is 13.8 Å². The Kier molecular flexibility index (Phi) is 3.01. The third-order valence-corrected chi connectivity index (χ3v) is 3.35. The van der Waals surface area contributed by atoms with Gasteiger partial charge in [0.2, 0.25) is 0 Å². The van der Waals surface area contributed by atoms with Gasteiger partial charge in [-0.15, -0.1) is 0 Å². The largest absolute Gasteiger partial charge is 0.478 e. The molecule has 3 N–H and O–H groups in total. The van der Waals surface area contributed by atoms with Crippen LogP contribution in [0, 0.1) is 5.92 Å². The molecule has 0 aromatic heterocycles. The molecule has 0 bridgehead atoms. The molecular weight excluding hydrogens is 248 g/mol. The molecule has 3 amide bonds. The van der Waals surface area contributed by atoms with Crippen molar-refractivity contribution in [3.63, 3.8) is 0 Å². The summed E-state index contributed by atoms with van der Waals surface area (Å²) in [6.07, 6.45) is 0. The summed E-state index contributed by atoms with van der Waals surface area (Å²) in [7, 11) is 0. The minimum Gasteiger partial charge on any atom is -0.478 e. The summed E-state index contributed by atoms with van der Waals surface area (Å²) >= 11 is 0. The van der Waals surface area contributed by atoms with Crippen molar-refractivity contribution >= 4 is 17.9 Å². The third-order valence-electron chi connectivity index (χ3n) is 3.35. The van der Waals surface area contributed by atoms with E-state index in [1.165, 1.54) is 12.1 Å². The van der Waals surface area contributed by atoms with Crippen LogP contribution in [0.5, 0.6) is 0 Å². The minimum atomic E-state index is -1.14. The Hall–Kier alpha value is -2.37. The van der Waals surface area contributed by atoms with Crippen LogP contribution in [0.2, 0.25) is 0 Å². The number of nitrogens with one attached hydrogen (secondary N) is 2. The van der Waals surface area contributed by atoms with Crippen molar-refractivity contribution in [2.24, 2.45) is 5.92 Å². The Bertz CT molecular complexity index is 550. The van der Waals surface area contributed by atoms with Gasteiger partial charge < -0.3 is 10.4 Å². The summed E-state index contributed by atoms with van der Waals surface area (Å²) in [6, 6.07) is 5.39. The van der Waals surface area contributed by atoms with Gasteiger partial charge in [0.25, 0.3) is 5.91 Å². The molecule has 1 heterocycles. The van der Waals surface area contributed by atoms with Gasteiger partial charge in [-0.1, -0.05) is 26.0 Å². The minimum absolute atomic E-state index is 0.132. The van der Waals surface area contributed by atoms with Gasteiger partial charge in [-0.2, -0.15) is 0 Å². The normalized spacial score (nSPS) is 22.3. The maximum Gasteiger partial charge on any atom is 0.335 e. The number of aromatic carboxylic acids is 1. The first-order valence-corrected chi connectivity index (χ1v) is 5.85. The first kappa shape index (κ1) is 13.1. The van der Waals surface area contributed by atoms with Crippen LogP contribution in [-0.4, -0.2) is 23.0 Å². The number of imide groups is 1. The van der Waals surface area contributed by atoms with Gasteiger partial charge in [-0.25, -0.2) is 9.59 Å². The van der Waals surface area contributed by atoms with E-state index in [0.29, 0.717) is 5.56 Å². The van der Waals surface area contributed by atoms with E-state index in [2.05, 4.69) is 10.6 Å². The number of hydrogen-bond donors (Lipinski definition) is 3. The highest BCUT2D eigenvalue weighted by atomic mass is 16.4. The molecule has 0 aliphatic carbocycles. The highest BCUT2D eigenvalue weighted by Gasteiger charge is 2.49. The van der Waals surface area contributed by atoms with Crippen LogP contribution in [0.4, 0.5) is 4.79 Å². The number of carboxylic acid groups (broad SMARTS) is 1. The van der Waals surface area contributed by atoms with E-state index < -0.39 is 23.4 Å². The molecule has 1 atom stereocenters. The summed E-state index contributed by atoms with van der Waals surface area (Å²) in [5, 5.41) is 13.7. The number of amides is 3. The third kappa shape index (κ3) is 1.95. The molecule has 0 saturated carbocycles. The second-order valence-corrected chi connectivity index (χ2v) is 4.75. The SMILES string of the molecule is CC(C)[C@@]1(c2ccc(C(=O)O)cc2)NC(=O)NC1=O. The van der Waals surface area contributed by atoms with Crippen molar-refractivity contribution in [1.29, 1.82) is 0 Å². The Balaban J connectivity index is 2.49. The Labute approximate surface area is 109 Å². The maximum absolute atomic E-state index is 12.1. The fourth-order valence-electron chi connectivity index (χ4n) is 2.29. The summed E-state index contributed by atoms with van der Waals surface area (Å²) < 4.78 is 0. The van der Waals surface area contributed by atoms with Crippen LogP contribution in [0.15, 0.2) is 24.3 Å². The number of rotatable bonds is 3. The van der Waals surface area contributed by atoms with Crippen molar-refractivity contribution < 1.29 is 19.5 Å². The molecule has 19 heavy (non-hydrogen) atoms. The van der Waals surface area contributed by atoms with Crippen molar-refractivity contribution in [2.75, 3.05) is 0 Å². The van der Waals surface area contributed by atoms with Crippen LogP contribution >= 0.6 is 0 Å². The molecule has 2 rings (SSSR count). The average molecular weight is 262 g/mol. The number of hydrogen-bond acceptors (Lipinski definition) is 3. The van der Waals surface area contributed by atoms with Gasteiger partial charge in [0.1, 0.15) is 5.54 Å². The molecule has 1 aliphatic heterocycles. The highest BCUT2D eigenvalue weighted by molar-refractivity contribution is 6.07. The predicted molar refractivity (Wildman–Crippen MR) is 66.6 cm³/mol. The van der Waals surface area contributed by atoms with E-state index >= 15 is 0 Å². The van der Waals surface area contributed by atoms with Crippen molar-refractivity contribution in [3.05, 3.63) is 35.4 Å². The molecule has 1 aromatic carbocycles. The molecular formula is C13H14N2O4. The number of carbonyl (C=O) groups is 3. The van der Waals surface area contributed by atoms with Gasteiger partial charge in [0.05, 0.1) is 5.56 Å². The lowest BCUT2D eigenvalue weighted by Gasteiger charge is -2.30. The van der Waals surface area contributed by atoms with E-state index in [-0.39, 0.29) is 11.5 Å². The Morgan fingerprint density at radius 2 is 1.79 bits per heavy atom. The van der Waals surface area contributed by atoms with Crippen molar-refractivity contribution in [1.82, 2.24) is 10.6 Å². The number of urea groups is 1. The van der Waals surface area contributed by atoms with Gasteiger partial charge in [-0.3, -0.25) is 10.1 Å². The molecule has 0 spiro atoms. The van der Waals surface area contributed by atoms with Crippen molar-refractivity contribution in [2.45, 2.75) is 19.4 Å². The number of benzene rings is 1. The van der Waals surface area contributed by atoms with Gasteiger partial charge >= 0.3 is 12.0 Å². The topological polar surface area (TPSA) is 95.5 Å². The van der Waals surface area contributed by atoms with E-state index in [1.54, 1.807) is 12.1 Å². The summed E-state index contributed by atoms with van der Waals surface area (Å²) in [4.78, 5) is 34.3. The fraction of sp³-hybridized carbons (Fsp3) is 0.308. The number of carbonyl (C=O) groups excluding carboxylic acids is 2. The summed E-state index contributed by atoms with van der Waals surface area (Å²) in [5.41, 5.74) is -0.447. The molecule has 1 aliphatic rings. The zero-order valence-corrected chi connectivity index (χ0v) is 10.6.